The molecule has 0 aliphatic heterocycles. The molecule has 5 heteroatoms. The lowest BCUT2D eigenvalue weighted by Crippen LogP contribution is -2.22. The normalized spacial score (nSPS) is 14.0. The first-order chi connectivity index (χ1) is 12.1. The van der Waals surface area contributed by atoms with Gasteiger partial charge in [0.15, 0.2) is 0 Å². The fourth-order valence-electron chi connectivity index (χ4n) is 2.53. The van der Waals surface area contributed by atoms with Crippen LogP contribution in [0.5, 0.6) is 0 Å². The van der Waals surface area contributed by atoms with E-state index in [4.69, 9.17) is 0 Å². The topological polar surface area (TPSA) is 71.1 Å². The molecule has 2 N–H and O–H groups in total. The van der Waals surface area contributed by atoms with Gasteiger partial charge in [-0.2, -0.15) is 0 Å². The molecule has 0 spiro atoms. The van der Waals surface area contributed by atoms with Crippen LogP contribution in [0.15, 0.2) is 60.4 Å². The molecule has 1 heterocycles. The molecule has 3 rings (SSSR count). The molecule has 1 fully saturated rings. The Morgan fingerprint density at radius 2 is 1.96 bits per heavy atom. The van der Waals surface area contributed by atoms with Gasteiger partial charge in [-0.15, -0.1) is 0 Å². The fourth-order valence-corrected chi connectivity index (χ4v) is 2.53. The van der Waals surface area contributed by atoms with Crippen LogP contribution in [-0.2, 0) is 11.3 Å². The average molecular weight is 335 g/mol. The second-order valence-corrected chi connectivity index (χ2v) is 6.27. The Morgan fingerprint density at radius 3 is 2.60 bits per heavy atom. The van der Waals surface area contributed by atoms with E-state index < -0.39 is 0 Å². The molecule has 1 aromatic heterocycles. The fraction of sp³-hybridized carbons (Fsp3) is 0.250. The van der Waals surface area contributed by atoms with Gasteiger partial charge in [0.25, 0.3) is 5.91 Å². The highest BCUT2D eigenvalue weighted by molar-refractivity contribution is 5.99. The van der Waals surface area contributed by atoms with Crippen molar-refractivity contribution in [3.63, 3.8) is 0 Å². The SMILES string of the molecule is C/C(=C\C(=O)Nc1ccc(CNC(=O)c2cccnc2)cc1)C1CC1. The molecule has 0 saturated heterocycles. The van der Waals surface area contributed by atoms with Crippen molar-refractivity contribution in [2.45, 2.75) is 26.3 Å². The van der Waals surface area contributed by atoms with Gasteiger partial charge in [-0.1, -0.05) is 17.7 Å². The summed E-state index contributed by atoms with van der Waals surface area (Å²) in [6, 6.07) is 10.9. The predicted octanol–water partition coefficient (Wildman–Crippen LogP) is 3.31. The summed E-state index contributed by atoms with van der Waals surface area (Å²) in [6.45, 7) is 2.42. The Labute approximate surface area is 147 Å². The third-order valence-electron chi connectivity index (χ3n) is 4.18. The monoisotopic (exact) mass is 335 g/mol. The van der Waals surface area contributed by atoms with Crippen LogP contribution >= 0.6 is 0 Å². The zero-order valence-corrected chi connectivity index (χ0v) is 14.2. The molecule has 2 amide bonds. The third kappa shape index (κ3) is 5.01. The zero-order valence-electron chi connectivity index (χ0n) is 14.2. The number of carbonyl (C=O) groups is 2. The highest BCUT2D eigenvalue weighted by Gasteiger charge is 2.23. The van der Waals surface area contributed by atoms with E-state index in [1.165, 1.54) is 19.0 Å². The van der Waals surface area contributed by atoms with Gasteiger partial charge in [-0.25, -0.2) is 0 Å². The first kappa shape index (κ1) is 16.9. The maximum Gasteiger partial charge on any atom is 0.253 e. The Morgan fingerprint density at radius 1 is 1.20 bits per heavy atom. The molecular formula is C20H21N3O2. The van der Waals surface area contributed by atoms with Crippen LogP contribution in [0.4, 0.5) is 5.69 Å². The molecule has 5 nitrogen and oxygen atoms in total. The van der Waals surface area contributed by atoms with Crippen LogP contribution < -0.4 is 10.6 Å². The molecule has 1 aliphatic rings. The molecule has 1 saturated carbocycles. The molecule has 1 aliphatic carbocycles. The van der Waals surface area contributed by atoms with Crippen molar-refractivity contribution >= 4 is 17.5 Å². The first-order valence-electron chi connectivity index (χ1n) is 8.38. The van der Waals surface area contributed by atoms with E-state index >= 15 is 0 Å². The predicted molar refractivity (Wildman–Crippen MR) is 97.0 cm³/mol. The molecule has 25 heavy (non-hydrogen) atoms. The minimum absolute atomic E-state index is 0.0953. The molecule has 1 aromatic carbocycles. The van der Waals surface area contributed by atoms with Gasteiger partial charge in [0.1, 0.15) is 0 Å². The molecule has 2 aromatic rings. The van der Waals surface area contributed by atoms with E-state index in [-0.39, 0.29) is 11.8 Å². The highest BCUT2D eigenvalue weighted by Crippen LogP contribution is 2.35. The minimum atomic E-state index is -0.161. The van der Waals surface area contributed by atoms with Gasteiger partial charge in [0.2, 0.25) is 5.91 Å². The Kier molecular flexibility index (Phi) is 5.23. The number of hydrogen-bond donors (Lipinski definition) is 2. The Balaban J connectivity index is 1.51. The van der Waals surface area contributed by atoms with Crippen LogP contribution in [-0.4, -0.2) is 16.8 Å². The molecule has 128 valence electrons. The van der Waals surface area contributed by atoms with Crippen LogP contribution in [0.3, 0.4) is 0 Å². The van der Waals surface area contributed by atoms with Crippen molar-refractivity contribution in [1.82, 2.24) is 10.3 Å². The van der Waals surface area contributed by atoms with E-state index in [1.807, 2.05) is 31.2 Å². The van der Waals surface area contributed by atoms with Crippen molar-refractivity contribution in [2.24, 2.45) is 5.92 Å². The van der Waals surface area contributed by atoms with Crippen molar-refractivity contribution in [3.8, 4) is 0 Å². The van der Waals surface area contributed by atoms with E-state index in [1.54, 1.807) is 24.4 Å². The maximum atomic E-state index is 12.0. The maximum absolute atomic E-state index is 12.0. The lowest BCUT2D eigenvalue weighted by molar-refractivity contribution is -0.112. The summed E-state index contributed by atoms with van der Waals surface area (Å²) in [4.78, 5) is 27.9. The number of nitrogens with one attached hydrogen (secondary N) is 2. The lowest BCUT2D eigenvalue weighted by Gasteiger charge is -2.07. The molecule has 0 unspecified atom stereocenters. The number of pyridine rings is 1. The van der Waals surface area contributed by atoms with Gasteiger partial charge >= 0.3 is 0 Å². The molecule has 0 bridgehead atoms. The highest BCUT2D eigenvalue weighted by atomic mass is 16.2. The summed E-state index contributed by atoms with van der Waals surface area (Å²) < 4.78 is 0. The third-order valence-corrected chi connectivity index (χ3v) is 4.18. The van der Waals surface area contributed by atoms with E-state index in [0.717, 1.165) is 16.8 Å². The number of rotatable bonds is 6. The van der Waals surface area contributed by atoms with Gasteiger partial charge in [0, 0.05) is 30.7 Å². The quantitative estimate of drug-likeness (QED) is 0.796. The number of hydrogen-bond acceptors (Lipinski definition) is 3. The smallest absolute Gasteiger partial charge is 0.253 e. The van der Waals surface area contributed by atoms with Gasteiger partial charge in [0.05, 0.1) is 5.56 Å². The van der Waals surface area contributed by atoms with E-state index in [2.05, 4.69) is 15.6 Å². The van der Waals surface area contributed by atoms with Crippen molar-refractivity contribution in [3.05, 3.63) is 71.6 Å². The summed E-state index contributed by atoms with van der Waals surface area (Å²) >= 11 is 0. The van der Waals surface area contributed by atoms with Crippen LogP contribution in [0.25, 0.3) is 0 Å². The number of allylic oxidation sites excluding steroid dienone is 1. The van der Waals surface area contributed by atoms with Gasteiger partial charge in [-0.05, 0) is 55.5 Å². The number of aromatic nitrogens is 1. The van der Waals surface area contributed by atoms with Crippen LogP contribution in [0.1, 0.15) is 35.7 Å². The van der Waals surface area contributed by atoms with Crippen LogP contribution in [0.2, 0.25) is 0 Å². The number of benzene rings is 1. The summed E-state index contributed by atoms with van der Waals surface area (Å²) in [6.07, 6.45) is 7.22. The van der Waals surface area contributed by atoms with Crippen molar-refractivity contribution in [1.29, 1.82) is 0 Å². The zero-order chi connectivity index (χ0) is 17.6. The summed E-state index contributed by atoms with van der Waals surface area (Å²) in [5.74, 6) is 0.338. The molecule has 0 atom stereocenters. The summed E-state index contributed by atoms with van der Waals surface area (Å²) in [5.41, 5.74) is 3.38. The van der Waals surface area contributed by atoms with Gasteiger partial charge < -0.3 is 10.6 Å². The first-order valence-corrected chi connectivity index (χ1v) is 8.38. The lowest BCUT2D eigenvalue weighted by atomic mass is 10.1. The Hall–Kier alpha value is -2.95. The van der Waals surface area contributed by atoms with E-state index in [0.29, 0.717) is 18.0 Å². The number of nitrogens with zero attached hydrogens (tertiary/aromatic N) is 1. The molecule has 0 radical (unpaired) electrons. The molecular weight excluding hydrogens is 314 g/mol. The average Bonchev–Trinajstić information content (AvgIpc) is 3.47. The standard InChI is InChI=1S/C20H21N3O2/c1-14(16-6-7-16)11-19(24)23-18-8-4-15(5-9-18)12-22-20(25)17-3-2-10-21-13-17/h2-5,8-11,13,16H,6-7,12H2,1H3,(H,22,25)(H,23,24)/b14-11+. The van der Waals surface area contributed by atoms with Crippen molar-refractivity contribution in [2.75, 3.05) is 5.32 Å². The van der Waals surface area contributed by atoms with Gasteiger partial charge in [-0.3, -0.25) is 14.6 Å². The van der Waals surface area contributed by atoms with Crippen LogP contribution in [0, 0.1) is 5.92 Å². The minimum Gasteiger partial charge on any atom is -0.348 e. The van der Waals surface area contributed by atoms with E-state index in [9.17, 15) is 9.59 Å². The second kappa shape index (κ2) is 7.75. The number of carbonyl (C=O) groups excluding carboxylic acids is 2. The Bertz CT molecular complexity index is 778. The second-order valence-electron chi connectivity index (χ2n) is 6.27. The largest absolute Gasteiger partial charge is 0.348 e. The number of anilines is 1. The summed E-state index contributed by atoms with van der Waals surface area (Å²) in [7, 11) is 0. The number of amides is 2. The summed E-state index contributed by atoms with van der Waals surface area (Å²) in [5, 5.41) is 5.71. The van der Waals surface area contributed by atoms with Crippen molar-refractivity contribution < 1.29 is 9.59 Å².